The Morgan fingerprint density at radius 2 is 2.12 bits per heavy atom. The first-order chi connectivity index (χ1) is 8.33. The summed E-state index contributed by atoms with van der Waals surface area (Å²) in [6.45, 7) is 1.95. The molecule has 3 rings (SSSR count). The number of aliphatic hydroxyl groups is 1. The van der Waals surface area contributed by atoms with Crippen LogP contribution in [-0.4, -0.2) is 27.3 Å². The van der Waals surface area contributed by atoms with Gasteiger partial charge in [-0.25, -0.2) is 4.98 Å². The molecule has 1 aromatic heterocycles. The zero-order chi connectivity index (χ0) is 11.7. The van der Waals surface area contributed by atoms with Crippen LogP contribution in [-0.2, 0) is 13.1 Å². The molecule has 1 aliphatic heterocycles. The second kappa shape index (κ2) is 4.31. The van der Waals surface area contributed by atoms with Crippen molar-refractivity contribution < 1.29 is 5.11 Å². The van der Waals surface area contributed by atoms with Gasteiger partial charge in [-0.1, -0.05) is 30.3 Å². The van der Waals surface area contributed by atoms with Crippen LogP contribution < -0.4 is 5.32 Å². The Labute approximate surface area is 99.9 Å². The fourth-order valence-corrected chi connectivity index (χ4v) is 2.14. The highest BCUT2D eigenvalue weighted by atomic mass is 16.3. The number of benzene rings is 1. The van der Waals surface area contributed by atoms with Gasteiger partial charge in [-0.15, -0.1) is 0 Å². The van der Waals surface area contributed by atoms with E-state index >= 15 is 0 Å². The van der Waals surface area contributed by atoms with Gasteiger partial charge in [0, 0.05) is 18.3 Å². The molecule has 0 radical (unpaired) electrons. The molecule has 0 bridgehead atoms. The minimum atomic E-state index is -0.339. The Kier molecular flexibility index (Phi) is 2.66. The minimum Gasteiger partial charge on any atom is -0.390 e. The molecule has 0 fully saturated rings. The smallest absolute Gasteiger partial charge is 0.123 e. The van der Waals surface area contributed by atoms with Gasteiger partial charge < -0.3 is 15.0 Å². The van der Waals surface area contributed by atoms with Crippen molar-refractivity contribution in [2.75, 3.05) is 6.54 Å². The maximum atomic E-state index is 9.70. The predicted molar refractivity (Wildman–Crippen MR) is 65.4 cm³/mol. The summed E-state index contributed by atoms with van der Waals surface area (Å²) in [6, 6.07) is 10.1. The zero-order valence-corrected chi connectivity index (χ0v) is 9.50. The number of nitrogens with zero attached hydrogens (tertiary/aromatic N) is 2. The first-order valence-electron chi connectivity index (χ1n) is 5.83. The molecule has 0 saturated heterocycles. The largest absolute Gasteiger partial charge is 0.390 e. The zero-order valence-electron chi connectivity index (χ0n) is 9.50. The number of aromatic nitrogens is 2. The summed E-state index contributed by atoms with van der Waals surface area (Å²) in [5.41, 5.74) is 2.08. The van der Waals surface area contributed by atoms with Crippen molar-refractivity contribution in [3.05, 3.63) is 42.4 Å². The van der Waals surface area contributed by atoms with Gasteiger partial charge in [0.15, 0.2) is 0 Å². The van der Waals surface area contributed by atoms with Gasteiger partial charge in [-0.2, -0.15) is 0 Å². The number of fused-ring (bicyclic) bond motifs is 1. The Balaban J connectivity index is 1.97. The quantitative estimate of drug-likeness (QED) is 0.767. The highest BCUT2D eigenvalue weighted by Crippen LogP contribution is 2.19. The van der Waals surface area contributed by atoms with Crippen molar-refractivity contribution in [1.82, 2.24) is 14.9 Å². The summed E-state index contributed by atoms with van der Waals surface area (Å²) in [7, 11) is 0. The van der Waals surface area contributed by atoms with Gasteiger partial charge in [0.25, 0.3) is 0 Å². The summed E-state index contributed by atoms with van der Waals surface area (Å²) in [6.07, 6.45) is 1.68. The molecule has 88 valence electrons. The molecule has 0 amide bonds. The molecule has 0 aliphatic carbocycles. The number of rotatable bonds is 1. The van der Waals surface area contributed by atoms with Crippen molar-refractivity contribution in [1.29, 1.82) is 0 Å². The lowest BCUT2D eigenvalue weighted by Crippen LogP contribution is -2.25. The minimum absolute atomic E-state index is 0.339. The van der Waals surface area contributed by atoms with Crippen LogP contribution in [0.3, 0.4) is 0 Å². The molecule has 4 nitrogen and oxygen atoms in total. The third kappa shape index (κ3) is 2.09. The molecular weight excluding hydrogens is 214 g/mol. The summed E-state index contributed by atoms with van der Waals surface area (Å²) in [5.74, 6) is 0.986. The highest BCUT2D eigenvalue weighted by molar-refractivity contribution is 5.58. The van der Waals surface area contributed by atoms with Gasteiger partial charge in [0.2, 0.25) is 0 Å². The Hall–Kier alpha value is -1.65. The van der Waals surface area contributed by atoms with Crippen LogP contribution in [0.1, 0.15) is 5.82 Å². The van der Waals surface area contributed by atoms with E-state index in [1.54, 1.807) is 0 Å². The number of aliphatic hydroxyl groups excluding tert-OH is 1. The van der Waals surface area contributed by atoms with Crippen molar-refractivity contribution in [3.8, 4) is 11.3 Å². The monoisotopic (exact) mass is 229 g/mol. The van der Waals surface area contributed by atoms with Crippen LogP contribution in [0.2, 0.25) is 0 Å². The summed E-state index contributed by atoms with van der Waals surface area (Å²) in [5, 5.41) is 12.9. The first kappa shape index (κ1) is 10.5. The summed E-state index contributed by atoms with van der Waals surface area (Å²) in [4.78, 5) is 4.60. The molecule has 2 heterocycles. The van der Waals surface area contributed by atoms with Crippen LogP contribution in [0.25, 0.3) is 11.3 Å². The van der Waals surface area contributed by atoms with Gasteiger partial charge >= 0.3 is 0 Å². The molecule has 1 aliphatic rings. The fourth-order valence-electron chi connectivity index (χ4n) is 2.14. The summed E-state index contributed by atoms with van der Waals surface area (Å²) >= 11 is 0. The average molecular weight is 229 g/mol. The number of hydrogen-bond acceptors (Lipinski definition) is 3. The van der Waals surface area contributed by atoms with E-state index in [0.717, 1.165) is 17.1 Å². The molecule has 2 aromatic rings. The Morgan fingerprint density at radius 1 is 1.29 bits per heavy atom. The van der Waals surface area contributed by atoms with E-state index in [0.29, 0.717) is 19.6 Å². The number of nitrogens with one attached hydrogen (secondary N) is 1. The molecule has 1 aromatic carbocycles. The number of hydrogen-bond donors (Lipinski definition) is 2. The van der Waals surface area contributed by atoms with Crippen molar-refractivity contribution in [2.24, 2.45) is 0 Å². The second-order valence-corrected chi connectivity index (χ2v) is 4.35. The second-order valence-electron chi connectivity index (χ2n) is 4.35. The molecule has 0 spiro atoms. The van der Waals surface area contributed by atoms with Crippen LogP contribution in [0, 0.1) is 0 Å². The third-order valence-corrected chi connectivity index (χ3v) is 3.00. The molecular formula is C13H15N3O. The third-order valence-electron chi connectivity index (χ3n) is 3.00. The molecule has 0 saturated carbocycles. The van der Waals surface area contributed by atoms with Crippen molar-refractivity contribution in [3.63, 3.8) is 0 Å². The lowest BCUT2D eigenvalue weighted by atomic mass is 10.2. The molecule has 4 heteroatoms. The van der Waals surface area contributed by atoms with Gasteiger partial charge in [-0.3, -0.25) is 0 Å². The number of β-amino-alcohol motifs (C(OH)–C–C–N with tert-alkyl or cyclic N) is 1. The molecule has 17 heavy (non-hydrogen) atoms. The van der Waals surface area contributed by atoms with Gasteiger partial charge in [0.05, 0.1) is 24.9 Å². The van der Waals surface area contributed by atoms with Gasteiger partial charge in [-0.05, 0) is 0 Å². The highest BCUT2D eigenvalue weighted by Gasteiger charge is 2.16. The average Bonchev–Trinajstić information content (AvgIpc) is 2.66. The van der Waals surface area contributed by atoms with Crippen LogP contribution in [0.5, 0.6) is 0 Å². The molecule has 1 atom stereocenters. The first-order valence-corrected chi connectivity index (χ1v) is 5.83. The predicted octanol–water partition coefficient (Wildman–Crippen LogP) is 1.01. The SMILES string of the molecule is OC1CNCc2nc(-c3ccccc3)cn2C1. The topological polar surface area (TPSA) is 50.1 Å². The standard InChI is InChI=1S/C13H15N3O/c17-11-6-14-7-13-15-12(9-16(13)8-11)10-4-2-1-3-5-10/h1-5,9,11,14,17H,6-8H2. The molecule has 2 N–H and O–H groups in total. The number of imidazole rings is 1. The van der Waals surface area contributed by atoms with E-state index in [2.05, 4.69) is 10.3 Å². The fraction of sp³-hybridized carbons (Fsp3) is 0.308. The Bertz CT molecular complexity index is 507. The maximum Gasteiger partial charge on any atom is 0.123 e. The van der Waals surface area contributed by atoms with Crippen LogP contribution in [0.4, 0.5) is 0 Å². The van der Waals surface area contributed by atoms with Crippen molar-refractivity contribution in [2.45, 2.75) is 19.2 Å². The van der Waals surface area contributed by atoms with Crippen molar-refractivity contribution >= 4 is 0 Å². The van der Waals surface area contributed by atoms with Crippen LogP contribution in [0.15, 0.2) is 36.5 Å². The summed E-state index contributed by atoms with van der Waals surface area (Å²) < 4.78 is 2.03. The van der Waals surface area contributed by atoms with E-state index in [4.69, 9.17) is 0 Å². The maximum absolute atomic E-state index is 9.70. The van der Waals surface area contributed by atoms with E-state index in [1.807, 2.05) is 41.1 Å². The Morgan fingerprint density at radius 3 is 2.94 bits per heavy atom. The van der Waals surface area contributed by atoms with Gasteiger partial charge in [0.1, 0.15) is 5.82 Å². The lowest BCUT2D eigenvalue weighted by Gasteiger charge is -2.06. The lowest BCUT2D eigenvalue weighted by molar-refractivity contribution is 0.157. The van der Waals surface area contributed by atoms with Crippen LogP contribution >= 0.6 is 0 Å². The van der Waals surface area contributed by atoms with E-state index in [1.165, 1.54) is 0 Å². The van der Waals surface area contributed by atoms with E-state index in [9.17, 15) is 5.11 Å². The molecule has 1 unspecified atom stereocenters. The van der Waals surface area contributed by atoms with E-state index < -0.39 is 0 Å². The van der Waals surface area contributed by atoms with E-state index in [-0.39, 0.29) is 6.10 Å². The normalized spacial score (nSPS) is 19.7.